The van der Waals surface area contributed by atoms with E-state index in [1.54, 1.807) is 0 Å². The van der Waals surface area contributed by atoms with Crippen molar-refractivity contribution in [1.29, 1.82) is 0 Å². The van der Waals surface area contributed by atoms with Gasteiger partial charge in [-0.15, -0.1) is 0 Å². The summed E-state index contributed by atoms with van der Waals surface area (Å²) in [5.74, 6) is -1.57. The van der Waals surface area contributed by atoms with Crippen LogP contribution in [0.4, 0.5) is 15.8 Å². The van der Waals surface area contributed by atoms with Gasteiger partial charge in [0.2, 0.25) is 5.91 Å². The number of amides is 2. The fourth-order valence-corrected chi connectivity index (χ4v) is 1.55. The van der Waals surface area contributed by atoms with E-state index >= 15 is 0 Å². The Kier molecular flexibility index (Phi) is 3.65. The monoisotopic (exact) mass is 277 g/mol. The fraction of sp³-hybridized carbons (Fsp3) is 0.0833. The minimum absolute atomic E-state index is 0.0575. The van der Waals surface area contributed by atoms with Gasteiger partial charge in [-0.05, 0) is 18.2 Å². The van der Waals surface area contributed by atoms with Gasteiger partial charge in [-0.1, -0.05) is 0 Å². The Labute approximate surface area is 113 Å². The maximum atomic E-state index is 13.0. The number of carbonyl (C=O) groups excluding carboxylic acids is 2. The van der Waals surface area contributed by atoms with Gasteiger partial charge in [0.05, 0.1) is 17.4 Å². The maximum Gasteiger partial charge on any atom is 0.251 e. The Balaban J connectivity index is 2.01. The molecule has 1 aromatic heterocycles. The maximum absolute atomic E-state index is 13.0. The van der Waals surface area contributed by atoms with Crippen LogP contribution in [0.2, 0.25) is 0 Å². The molecule has 8 heteroatoms. The van der Waals surface area contributed by atoms with Gasteiger partial charge in [-0.25, -0.2) is 4.39 Å². The highest BCUT2D eigenvalue weighted by atomic mass is 19.1. The Bertz CT molecular complexity index is 668. The average molecular weight is 277 g/mol. The molecule has 0 fully saturated rings. The second-order valence-corrected chi connectivity index (χ2v) is 4.08. The van der Waals surface area contributed by atoms with Crippen LogP contribution in [0.5, 0.6) is 0 Å². The van der Waals surface area contributed by atoms with Crippen molar-refractivity contribution >= 4 is 23.2 Å². The van der Waals surface area contributed by atoms with E-state index in [1.807, 2.05) is 0 Å². The first-order valence-corrected chi connectivity index (χ1v) is 5.63. The molecular formula is C12H12FN5O2. The molecule has 20 heavy (non-hydrogen) atoms. The lowest BCUT2D eigenvalue weighted by Gasteiger charge is -2.06. The number of halogens is 1. The number of hydrogen-bond donors (Lipinski definition) is 3. The van der Waals surface area contributed by atoms with Gasteiger partial charge in [0, 0.05) is 11.9 Å². The van der Waals surface area contributed by atoms with Crippen molar-refractivity contribution in [3.8, 4) is 0 Å². The standard InChI is InChI=1S/C12H12FN5O2/c13-9-2-1-8(3-10(9)14)17-11(19)6-18-5-7(4-16-18)12(15)20/h1-5H,6,14H2,(H2,15,20)(H,17,19). The van der Waals surface area contributed by atoms with Crippen LogP contribution in [0.15, 0.2) is 30.6 Å². The number of aromatic nitrogens is 2. The lowest BCUT2D eigenvalue weighted by Crippen LogP contribution is -2.19. The number of hydrogen-bond acceptors (Lipinski definition) is 4. The first-order chi connectivity index (χ1) is 9.45. The lowest BCUT2D eigenvalue weighted by atomic mass is 10.2. The molecule has 2 amide bonds. The molecule has 0 atom stereocenters. The third-order valence-electron chi connectivity index (χ3n) is 2.50. The van der Waals surface area contributed by atoms with Gasteiger partial charge >= 0.3 is 0 Å². The summed E-state index contributed by atoms with van der Waals surface area (Å²) in [6.45, 7) is -0.107. The van der Waals surface area contributed by atoms with Crippen LogP contribution in [0, 0.1) is 5.82 Å². The van der Waals surface area contributed by atoms with E-state index in [0.717, 1.165) is 6.07 Å². The van der Waals surface area contributed by atoms with Gasteiger partial charge in [-0.2, -0.15) is 5.10 Å². The molecule has 0 aliphatic carbocycles. The van der Waals surface area contributed by atoms with Crippen LogP contribution in [-0.2, 0) is 11.3 Å². The minimum atomic E-state index is -0.622. The van der Waals surface area contributed by atoms with Crippen molar-refractivity contribution in [3.63, 3.8) is 0 Å². The van der Waals surface area contributed by atoms with E-state index in [9.17, 15) is 14.0 Å². The quantitative estimate of drug-likeness (QED) is 0.699. The van der Waals surface area contributed by atoms with Gasteiger partial charge in [0.1, 0.15) is 12.4 Å². The second-order valence-electron chi connectivity index (χ2n) is 4.08. The first-order valence-electron chi connectivity index (χ1n) is 5.63. The number of carbonyl (C=O) groups is 2. The number of primary amides is 1. The van der Waals surface area contributed by atoms with Crippen LogP contribution in [-0.4, -0.2) is 21.6 Å². The highest BCUT2D eigenvalue weighted by Crippen LogP contribution is 2.16. The molecule has 0 saturated heterocycles. The number of nitrogens with zero attached hydrogens (tertiary/aromatic N) is 2. The number of anilines is 2. The summed E-state index contributed by atoms with van der Waals surface area (Å²) in [4.78, 5) is 22.6. The molecule has 1 heterocycles. The SMILES string of the molecule is NC(=O)c1cnn(CC(=O)Nc2ccc(F)c(N)c2)c1. The second kappa shape index (κ2) is 5.39. The van der Waals surface area contributed by atoms with Crippen LogP contribution >= 0.6 is 0 Å². The Hall–Kier alpha value is -2.90. The van der Waals surface area contributed by atoms with Crippen molar-refractivity contribution in [1.82, 2.24) is 9.78 Å². The lowest BCUT2D eigenvalue weighted by molar-refractivity contribution is -0.116. The zero-order valence-corrected chi connectivity index (χ0v) is 10.3. The molecule has 0 radical (unpaired) electrons. The smallest absolute Gasteiger partial charge is 0.251 e. The average Bonchev–Trinajstić information content (AvgIpc) is 2.82. The highest BCUT2D eigenvalue weighted by Gasteiger charge is 2.08. The van der Waals surface area contributed by atoms with Crippen molar-refractivity contribution in [3.05, 3.63) is 42.0 Å². The summed E-state index contributed by atoms with van der Waals surface area (Å²) in [6, 6.07) is 3.86. The molecule has 0 aliphatic heterocycles. The molecule has 0 unspecified atom stereocenters. The molecule has 0 bridgehead atoms. The summed E-state index contributed by atoms with van der Waals surface area (Å²) >= 11 is 0. The predicted molar refractivity (Wildman–Crippen MR) is 70.2 cm³/mol. The predicted octanol–water partition coefficient (Wildman–Crippen LogP) is 0.342. The van der Waals surface area contributed by atoms with E-state index in [0.29, 0.717) is 5.69 Å². The zero-order chi connectivity index (χ0) is 14.7. The minimum Gasteiger partial charge on any atom is -0.396 e. The molecule has 5 N–H and O–H groups in total. The normalized spacial score (nSPS) is 10.2. The molecule has 1 aromatic carbocycles. The molecule has 0 spiro atoms. The van der Waals surface area contributed by atoms with Crippen molar-refractivity contribution in [2.24, 2.45) is 5.73 Å². The van der Waals surface area contributed by atoms with Gasteiger partial charge in [0.25, 0.3) is 5.91 Å². The zero-order valence-electron chi connectivity index (χ0n) is 10.3. The molecule has 0 saturated carbocycles. The van der Waals surface area contributed by atoms with Crippen LogP contribution in [0.25, 0.3) is 0 Å². The number of nitrogen functional groups attached to an aromatic ring is 1. The number of rotatable bonds is 4. The van der Waals surface area contributed by atoms with Crippen LogP contribution in [0.1, 0.15) is 10.4 Å². The highest BCUT2D eigenvalue weighted by molar-refractivity contribution is 5.93. The first kappa shape index (κ1) is 13.5. The summed E-state index contributed by atoms with van der Waals surface area (Å²) < 4.78 is 14.2. The topological polar surface area (TPSA) is 116 Å². The number of benzene rings is 1. The summed E-state index contributed by atoms with van der Waals surface area (Å²) in [7, 11) is 0. The molecule has 2 rings (SSSR count). The van der Waals surface area contributed by atoms with Crippen LogP contribution < -0.4 is 16.8 Å². The Morgan fingerprint density at radius 2 is 2.15 bits per heavy atom. The van der Waals surface area contributed by atoms with Crippen molar-refractivity contribution < 1.29 is 14.0 Å². The molecule has 2 aromatic rings. The van der Waals surface area contributed by atoms with Crippen LogP contribution in [0.3, 0.4) is 0 Å². The largest absolute Gasteiger partial charge is 0.396 e. The molecular weight excluding hydrogens is 265 g/mol. The molecule has 0 aliphatic rings. The molecule has 104 valence electrons. The third kappa shape index (κ3) is 3.10. The third-order valence-corrected chi connectivity index (χ3v) is 2.50. The number of nitrogens with two attached hydrogens (primary N) is 2. The van der Waals surface area contributed by atoms with Gasteiger partial charge in [-0.3, -0.25) is 14.3 Å². The summed E-state index contributed by atoms with van der Waals surface area (Å²) in [5, 5.41) is 6.36. The Morgan fingerprint density at radius 3 is 2.75 bits per heavy atom. The van der Waals surface area contributed by atoms with Gasteiger partial charge < -0.3 is 16.8 Å². The number of nitrogens with one attached hydrogen (secondary N) is 1. The molecule has 7 nitrogen and oxygen atoms in total. The van der Waals surface area contributed by atoms with Crippen molar-refractivity contribution in [2.75, 3.05) is 11.1 Å². The Morgan fingerprint density at radius 1 is 1.40 bits per heavy atom. The van der Waals surface area contributed by atoms with E-state index in [1.165, 1.54) is 29.2 Å². The van der Waals surface area contributed by atoms with E-state index < -0.39 is 17.6 Å². The summed E-state index contributed by atoms with van der Waals surface area (Å²) in [6.07, 6.45) is 2.63. The van der Waals surface area contributed by atoms with E-state index in [4.69, 9.17) is 11.5 Å². The van der Waals surface area contributed by atoms with Crippen molar-refractivity contribution in [2.45, 2.75) is 6.54 Å². The summed E-state index contributed by atoms with van der Waals surface area (Å²) in [5.41, 5.74) is 11.0. The van der Waals surface area contributed by atoms with Gasteiger partial charge in [0.15, 0.2) is 0 Å². The fourth-order valence-electron chi connectivity index (χ4n) is 1.55. The van der Waals surface area contributed by atoms with E-state index in [2.05, 4.69) is 10.4 Å². The van der Waals surface area contributed by atoms with E-state index in [-0.39, 0.29) is 17.8 Å².